The van der Waals surface area contributed by atoms with Crippen LogP contribution in [0.25, 0.3) is 0 Å². The highest BCUT2D eigenvalue weighted by Crippen LogP contribution is 2.23. The zero-order valence-electron chi connectivity index (χ0n) is 16.3. The smallest absolute Gasteiger partial charge is 0.254 e. The highest BCUT2D eigenvalue weighted by atomic mass is 32.2. The third-order valence-electron chi connectivity index (χ3n) is 4.77. The van der Waals surface area contributed by atoms with Crippen LogP contribution in [-0.2, 0) is 10.0 Å². The number of hydrogen-bond donors (Lipinski definition) is 0. The third-order valence-corrected chi connectivity index (χ3v) is 6.84. The number of nitrogens with zero attached hydrogens (tertiary/aromatic N) is 2. The minimum atomic E-state index is -3.60. The molecule has 1 amide bonds. The lowest BCUT2D eigenvalue weighted by atomic mass is 10.1. The maximum atomic E-state index is 13.5. The summed E-state index contributed by atoms with van der Waals surface area (Å²) < 4.78 is 53.0. The van der Waals surface area contributed by atoms with E-state index >= 15 is 0 Å². The highest BCUT2D eigenvalue weighted by Gasteiger charge is 2.23. The first-order chi connectivity index (χ1) is 13.1. The molecule has 0 radical (unpaired) electrons. The fourth-order valence-corrected chi connectivity index (χ4v) is 4.32. The summed E-state index contributed by atoms with van der Waals surface area (Å²) in [5.74, 6) is -2.28. The van der Waals surface area contributed by atoms with Gasteiger partial charge in [-0.05, 0) is 48.9 Å². The Bertz CT molecular complexity index is 942. The Morgan fingerprint density at radius 2 is 1.57 bits per heavy atom. The molecule has 2 rings (SSSR count). The number of halogens is 2. The van der Waals surface area contributed by atoms with Crippen LogP contribution in [0.2, 0.25) is 0 Å². The maximum absolute atomic E-state index is 13.5. The third kappa shape index (κ3) is 4.39. The van der Waals surface area contributed by atoms with Crippen molar-refractivity contribution in [3.8, 4) is 0 Å². The lowest BCUT2D eigenvalue weighted by molar-refractivity contribution is 0.0742. The predicted octanol–water partition coefficient (Wildman–Crippen LogP) is 3.83. The summed E-state index contributed by atoms with van der Waals surface area (Å²) in [6.07, 6.45) is 0. The van der Waals surface area contributed by atoms with Crippen molar-refractivity contribution in [2.45, 2.75) is 31.7 Å². The largest absolute Gasteiger partial charge is 0.335 e. The summed E-state index contributed by atoms with van der Waals surface area (Å²) in [5.41, 5.74) is 0.755. The molecular weight excluding hydrogens is 386 g/mol. The first-order valence-corrected chi connectivity index (χ1v) is 10.4. The van der Waals surface area contributed by atoms with Gasteiger partial charge in [0.25, 0.3) is 5.91 Å². The summed E-state index contributed by atoms with van der Waals surface area (Å²) in [6, 6.07) is 8.71. The van der Waals surface area contributed by atoms with E-state index in [4.69, 9.17) is 0 Å². The molecule has 8 heteroatoms. The van der Waals surface area contributed by atoms with E-state index in [1.807, 2.05) is 0 Å². The van der Waals surface area contributed by atoms with E-state index in [1.165, 1.54) is 39.5 Å². The van der Waals surface area contributed by atoms with Crippen molar-refractivity contribution in [2.24, 2.45) is 0 Å². The summed E-state index contributed by atoms with van der Waals surface area (Å²) in [4.78, 5) is 14.2. The van der Waals surface area contributed by atoms with Gasteiger partial charge in [-0.25, -0.2) is 17.2 Å². The minimum absolute atomic E-state index is 0.115. The molecule has 0 fully saturated rings. The number of sulfonamides is 1. The second-order valence-corrected chi connectivity index (χ2v) is 8.32. The van der Waals surface area contributed by atoms with Gasteiger partial charge in [0.15, 0.2) is 11.6 Å². The van der Waals surface area contributed by atoms with Crippen molar-refractivity contribution in [3.63, 3.8) is 0 Å². The zero-order valence-corrected chi connectivity index (χ0v) is 17.1. The molecule has 0 aromatic heterocycles. The van der Waals surface area contributed by atoms with E-state index < -0.39 is 27.7 Å². The molecule has 1 unspecified atom stereocenters. The normalized spacial score (nSPS) is 12.8. The molecule has 0 saturated carbocycles. The average Bonchev–Trinajstić information content (AvgIpc) is 2.69. The lowest BCUT2D eigenvalue weighted by Gasteiger charge is -2.26. The van der Waals surface area contributed by atoms with Gasteiger partial charge < -0.3 is 4.90 Å². The van der Waals surface area contributed by atoms with Gasteiger partial charge in [0, 0.05) is 25.7 Å². The molecule has 1 atom stereocenters. The fourth-order valence-electron chi connectivity index (χ4n) is 2.86. The van der Waals surface area contributed by atoms with Crippen molar-refractivity contribution in [1.82, 2.24) is 9.21 Å². The SMILES string of the molecule is CCN(CC)S(=O)(=O)c1ccc(C(=O)N(C)C(C)c2ccc(F)c(F)c2)cc1. The van der Waals surface area contributed by atoms with Crippen molar-refractivity contribution in [1.29, 1.82) is 0 Å². The standard InChI is InChI=1S/C20H24F2N2O3S/c1-5-24(6-2)28(26,27)17-10-7-15(8-11-17)20(25)23(4)14(3)16-9-12-18(21)19(22)13-16/h7-14H,5-6H2,1-4H3. The van der Waals surface area contributed by atoms with Gasteiger partial charge in [-0.2, -0.15) is 4.31 Å². The number of benzene rings is 2. The van der Waals surface area contributed by atoms with Gasteiger partial charge in [-0.3, -0.25) is 4.79 Å². The second kappa shape index (κ2) is 8.79. The quantitative estimate of drug-likeness (QED) is 0.697. The summed E-state index contributed by atoms with van der Waals surface area (Å²) in [6.45, 7) is 5.92. The van der Waals surface area contributed by atoms with Crippen LogP contribution < -0.4 is 0 Å². The Balaban J connectivity index is 2.23. The molecule has 0 heterocycles. The molecule has 0 aliphatic rings. The topological polar surface area (TPSA) is 57.7 Å². The molecule has 2 aromatic rings. The van der Waals surface area contributed by atoms with E-state index in [1.54, 1.807) is 27.8 Å². The number of amides is 1. The maximum Gasteiger partial charge on any atom is 0.254 e. The van der Waals surface area contributed by atoms with Crippen molar-refractivity contribution >= 4 is 15.9 Å². The molecule has 0 bridgehead atoms. The molecule has 0 aliphatic heterocycles. The number of rotatable bonds is 7. The molecule has 28 heavy (non-hydrogen) atoms. The van der Waals surface area contributed by atoms with Gasteiger partial charge in [0.2, 0.25) is 10.0 Å². The van der Waals surface area contributed by atoms with E-state index in [2.05, 4.69) is 0 Å². The summed E-state index contributed by atoms with van der Waals surface area (Å²) >= 11 is 0. The first-order valence-electron chi connectivity index (χ1n) is 8.95. The van der Waals surface area contributed by atoms with Crippen molar-refractivity contribution in [2.75, 3.05) is 20.1 Å². The molecule has 0 saturated heterocycles. The van der Waals surface area contributed by atoms with Gasteiger partial charge in [-0.15, -0.1) is 0 Å². The number of carbonyl (C=O) groups is 1. The first kappa shape index (κ1) is 22.0. The average molecular weight is 410 g/mol. The van der Waals surface area contributed by atoms with Gasteiger partial charge >= 0.3 is 0 Å². The molecule has 5 nitrogen and oxygen atoms in total. The summed E-state index contributed by atoms with van der Waals surface area (Å²) in [5, 5.41) is 0. The monoisotopic (exact) mass is 410 g/mol. The van der Waals surface area contributed by atoms with E-state index in [0.717, 1.165) is 12.1 Å². The highest BCUT2D eigenvalue weighted by molar-refractivity contribution is 7.89. The van der Waals surface area contributed by atoms with E-state index in [-0.39, 0.29) is 10.8 Å². The Morgan fingerprint density at radius 1 is 1.00 bits per heavy atom. The van der Waals surface area contributed by atoms with Crippen LogP contribution >= 0.6 is 0 Å². The Labute approximate surface area is 164 Å². The molecule has 0 N–H and O–H groups in total. The molecule has 0 aliphatic carbocycles. The zero-order chi connectivity index (χ0) is 21.1. The van der Waals surface area contributed by atoms with Crippen molar-refractivity contribution in [3.05, 3.63) is 65.2 Å². The Morgan fingerprint density at radius 3 is 2.07 bits per heavy atom. The van der Waals surface area contributed by atoms with Crippen LogP contribution in [0.15, 0.2) is 47.4 Å². The molecular formula is C20H24F2N2O3S. The second-order valence-electron chi connectivity index (χ2n) is 6.38. The Kier molecular flexibility index (Phi) is 6.90. The number of carbonyl (C=O) groups excluding carboxylic acids is 1. The predicted molar refractivity (Wildman–Crippen MR) is 103 cm³/mol. The Hall–Kier alpha value is -2.32. The molecule has 2 aromatic carbocycles. The van der Waals surface area contributed by atoms with Gasteiger partial charge in [-0.1, -0.05) is 19.9 Å². The van der Waals surface area contributed by atoms with Crippen molar-refractivity contribution < 1.29 is 22.0 Å². The number of hydrogen-bond acceptors (Lipinski definition) is 3. The summed E-state index contributed by atoms with van der Waals surface area (Å²) in [7, 11) is -2.05. The van der Waals surface area contributed by atoms with Crippen LogP contribution in [0.1, 0.15) is 42.7 Å². The van der Waals surface area contributed by atoms with Crippen LogP contribution in [0, 0.1) is 11.6 Å². The van der Waals surface area contributed by atoms with Crippen LogP contribution in [-0.4, -0.2) is 43.7 Å². The van der Waals surface area contributed by atoms with Crippen LogP contribution in [0.5, 0.6) is 0 Å². The van der Waals surface area contributed by atoms with Crippen LogP contribution in [0.3, 0.4) is 0 Å². The molecule has 152 valence electrons. The van der Waals surface area contributed by atoms with Gasteiger partial charge in [0.1, 0.15) is 0 Å². The van der Waals surface area contributed by atoms with Gasteiger partial charge in [0.05, 0.1) is 10.9 Å². The van der Waals surface area contributed by atoms with Crippen LogP contribution in [0.4, 0.5) is 8.78 Å². The minimum Gasteiger partial charge on any atom is -0.335 e. The van der Waals surface area contributed by atoms with E-state index in [0.29, 0.717) is 24.2 Å². The fraction of sp³-hybridized carbons (Fsp3) is 0.350. The molecule has 0 spiro atoms. The van der Waals surface area contributed by atoms with E-state index in [9.17, 15) is 22.0 Å². The lowest BCUT2D eigenvalue weighted by Crippen LogP contribution is -2.31.